The summed E-state index contributed by atoms with van der Waals surface area (Å²) in [5, 5.41) is 13.1. The van der Waals surface area contributed by atoms with Crippen molar-refractivity contribution in [3.8, 4) is 5.75 Å². The molecule has 7 heteroatoms. The minimum absolute atomic E-state index is 0.139. The summed E-state index contributed by atoms with van der Waals surface area (Å²) in [6.07, 6.45) is 3.66. The second-order valence-corrected chi connectivity index (χ2v) is 10.6. The van der Waals surface area contributed by atoms with Crippen LogP contribution < -0.4 is 10.1 Å². The molecule has 1 saturated heterocycles. The van der Waals surface area contributed by atoms with Crippen LogP contribution in [0.1, 0.15) is 35.1 Å². The van der Waals surface area contributed by atoms with E-state index in [1.54, 1.807) is 0 Å². The van der Waals surface area contributed by atoms with E-state index in [0.29, 0.717) is 18.3 Å². The van der Waals surface area contributed by atoms with Gasteiger partial charge in [0.1, 0.15) is 11.8 Å². The lowest BCUT2D eigenvalue weighted by atomic mass is 9.90. The van der Waals surface area contributed by atoms with E-state index in [1.165, 1.54) is 16.0 Å². The molecule has 2 aromatic carbocycles. The third-order valence-corrected chi connectivity index (χ3v) is 8.49. The lowest BCUT2D eigenvalue weighted by Crippen LogP contribution is -2.58. The van der Waals surface area contributed by atoms with Crippen molar-refractivity contribution in [2.75, 3.05) is 26.2 Å². The highest BCUT2D eigenvalue weighted by Gasteiger charge is 2.44. The zero-order chi connectivity index (χ0) is 23.9. The van der Waals surface area contributed by atoms with Gasteiger partial charge in [-0.3, -0.25) is 9.69 Å². The van der Waals surface area contributed by atoms with Crippen molar-refractivity contribution in [3.05, 3.63) is 64.7 Å². The fourth-order valence-corrected chi connectivity index (χ4v) is 6.61. The van der Waals surface area contributed by atoms with Gasteiger partial charge < -0.3 is 20.1 Å². The Morgan fingerprint density at radius 2 is 1.80 bits per heavy atom. The first-order chi connectivity index (χ1) is 17.0. The second-order valence-electron chi connectivity index (χ2n) is 10.6. The number of hydrogen-bond acceptors (Lipinski definition) is 4. The van der Waals surface area contributed by atoms with Crippen LogP contribution >= 0.6 is 0 Å². The van der Waals surface area contributed by atoms with Crippen LogP contribution in [-0.2, 0) is 30.6 Å². The number of carbonyl (C=O) groups excluding carboxylic acids is 1. The maximum absolute atomic E-state index is 13.4. The van der Waals surface area contributed by atoms with Crippen LogP contribution in [-0.4, -0.2) is 65.2 Å². The summed E-state index contributed by atoms with van der Waals surface area (Å²) >= 11 is 0. The molecule has 2 bridgehead atoms. The van der Waals surface area contributed by atoms with Crippen LogP contribution in [0.2, 0.25) is 0 Å². The normalized spacial score (nSPS) is 27.1. The quantitative estimate of drug-likeness (QED) is 0.695. The van der Waals surface area contributed by atoms with Gasteiger partial charge in [0.05, 0.1) is 13.2 Å². The highest BCUT2D eigenvalue weighted by Crippen LogP contribution is 2.37. The zero-order valence-electron chi connectivity index (χ0n) is 20.0. The van der Waals surface area contributed by atoms with Crippen molar-refractivity contribution in [2.24, 2.45) is 11.8 Å². The van der Waals surface area contributed by atoms with Crippen LogP contribution in [0.4, 0.5) is 4.79 Å². The molecule has 0 radical (unpaired) electrons. The number of hydrogen-bond donors (Lipinski definition) is 2. The van der Waals surface area contributed by atoms with E-state index in [4.69, 9.17) is 4.74 Å². The van der Waals surface area contributed by atoms with E-state index < -0.39 is 12.1 Å². The first-order valence-electron chi connectivity index (χ1n) is 12.9. The number of ether oxygens (including phenoxy) is 1. The fourth-order valence-electron chi connectivity index (χ4n) is 6.61. The molecule has 4 aliphatic rings. The second kappa shape index (κ2) is 9.19. The number of piperidine rings is 1. The van der Waals surface area contributed by atoms with Crippen LogP contribution in [0.25, 0.3) is 0 Å². The Balaban J connectivity index is 1.07. The maximum Gasteiger partial charge on any atom is 0.408 e. The molecule has 2 fully saturated rings. The number of nitrogens with zero attached hydrogens (tertiary/aromatic N) is 2. The molecule has 184 valence electrons. The molecule has 2 N–H and O–H groups in total. The van der Waals surface area contributed by atoms with E-state index in [0.717, 1.165) is 68.8 Å². The predicted molar refractivity (Wildman–Crippen MR) is 131 cm³/mol. The Hall–Kier alpha value is -3.06. The Bertz CT molecular complexity index is 1120. The van der Waals surface area contributed by atoms with E-state index in [1.807, 2.05) is 24.3 Å². The van der Waals surface area contributed by atoms with Crippen LogP contribution in [0.15, 0.2) is 42.5 Å². The van der Waals surface area contributed by atoms with Gasteiger partial charge >= 0.3 is 6.09 Å². The molecular formula is C28H33N3O4. The minimum Gasteiger partial charge on any atom is -0.493 e. The largest absolute Gasteiger partial charge is 0.493 e. The molecular weight excluding hydrogens is 442 g/mol. The molecule has 3 unspecified atom stereocenters. The van der Waals surface area contributed by atoms with Gasteiger partial charge in [0.15, 0.2) is 0 Å². The Kier molecular flexibility index (Phi) is 5.88. The van der Waals surface area contributed by atoms with Crippen molar-refractivity contribution in [2.45, 2.75) is 50.7 Å². The molecule has 2 amide bonds. The van der Waals surface area contributed by atoms with Gasteiger partial charge in [-0.15, -0.1) is 0 Å². The molecule has 2 aromatic rings. The summed E-state index contributed by atoms with van der Waals surface area (Å²) in [6.45, 7) is 4.04. The van der Waals surface area contributed by atoms with Gasteiger partial charge in [-0.1, -0.05) is 36.4 Å². The van der Waals surface area contributed by atoms with Crippen LogP contribution in [0.3, 0.4) is 0 Å². The van der Waals surface area contributed by atoms with Gasteiger partial charge in [0, 0.05) is 38.5 Å². The number of carboxylic acid groups (broad SMARTS) is 1. The molecule has 6 rings (SSSR count). The van der Waals surface area contributed by atoms with E-state index in [2.05, 4.69) is 28.4 Å². The van der Waals surface area contributed by atoms with Crippen molar-refractivity contribution >= 4 is 12.0 Å². The molecule has 35 heavy (non-hydrogen) atoms. The Morgan fingerprint density at radius 1 is 1.03 bits per heavy atom. The van der Waals surface area contributed by atoms with Crippen molar-refractivity contribution in [3.63, 3.8) is 0 Å². The lowest BCUT2D eigenvalue weighted by Gasteiger charge is -2.40. The molecule has 3 aliphatic heterocycles. The number of amides is 2. The fraction of sp³-hybridized carbons (Fsp3) is 0.500. The van der Waals surface area contributed by atoms with Crippen LogP contribution in [0, 0.1) is 11.8 Å². The standard InChI is InChI=1S/C28H33N3O4/c32-27(24-14-20-3-1-2-4-21(20)17-31(24)28(33)34)29-26-22-7-8-23(26)16-30(15-22)11-9-18-5-6-19-10-12-35-25(19)13-18/h1-6,13,22-24,26H,7-12,14-17H2,(H,29,32)(H,33,34). The zero-order valence-corrected chi connectivity index (χ0v) is 20.0. The molecule has 1 aliphatic carbocycles. The molecule has 7 nitrogen and oxygen atoms in total. The number of benzene rings is 2. The molecule has 1 saturated carbocycles. The van der Waals surface area contributed by atoms with Crippen molar-refractivity contribution < 1.29 is 19.4 Å². The van der Waals surface area contributed by atoms with Gasteiger partial charge in [-0.2, -0.15) is 0 Å². The van der Waals surface area contributed by atoms with Gasteiger partial charge in [0.25, 0.3) is 0 Å². The van der Waals surface area contributed by atoms with E-state index in [9.17, 15) is 14.7 Å². The summed E-state index contributed by atoms with van der Waals surface area (Å²) in [4.78, 5) is 29.1. The number of rotatable bonds is 5. The summed E-state index contributed by atoms with van der Waals surface area (Å²) in [7, 11) is 0. The van der Waals surface area contributed by atoms with Crippen molar-refractivity contribution in [1.29, 1.82) is 0 Å². The van der Waals surface area contributed by atoms with Crippen molar-refractivity contribution in [1.82, 2.24) is 15.1 Å². The summed E-state index contributed by atoms with van der Waals surface area (Å²) < 4.78 is 5.72. The Labute approximate surface area is 206 Å². The Morgan fingerprint density at radius 3 is 2.57 bits per heavy atom. The SMILES string of the molecule is O=C(NC1C2CCC1CN(CCc1ccc3c(c1)OCC3)C2)C1Cc2ccccc2CN1C(=O)O. The predicted octanol–water partition coefficient (Wildman–Crippen LogP) is 3.10. The van der Waals surface area contributed by atoms with Gasteiger partial charge in [-0.05, 0) is 59.4 Å². The van der Waals surface area contributed by atoms with Gasteiger partial charge in [-0.25, -0.2) is 4.79 Å². The number of nitrogens with one attached hydrogen (secondary N) is 1. The lowest BCUT2D eigenvalue weighted by molar-refractivity contribution is -0.128. The molecule has 0 aromatic heterocycles. The summed E-state index contributed by atoms with van der Waals surface area (Å²) in [5.74, 6) is 1.76. The highest BCUT2D eigenvalue weighted by molar-refractivity contribution is 5.86. The first kappa shape index (κ1) is 22.4. The van der Waals surface area contributed by atoms with E-state index >= 15 is 0 Å². The monoisotopic (exact) mass is 475 g/mol. The number of fused-ring (bicyclic) bond motifs is 4. The molecule has 3 atom stereocenters. The van der Waals surface area contributed by atoms with Gasteiger partial charge in [0.2, 0.25) is 5.91 Å². The average molecular weight is 476 g/mol. The smallest absolute Gasteiger partial charge is 0.408 e. The molecule has 3 heterocycles. The number of likely N-dealkylation sites (tertiary alicyclic amines) is 1. The third kappa shape index (κ3) is 4.38. The maximum atomic E-state index is 13.4. The first-order valence-corrected chi connectivity index (χ1v) is 12.9. The van der Waals surface area contributed by atoms with E-state index in [-0.39, 0.29) is 18.5 Å². The third-order valence-electron chi connectivity index (χ3n) is 8.49. The summed E-state index contributed by atoms with van der Waals surface area (Å²) in [5.41, 5.74) is 4.69. The molecule has 0 spiro atoms. The average Bonchev–Trinajstić information content (AvgIpc) is 3.42. The summed E-state index contributed by atoms with van der Waals surface area (Å²) in [6, 6.07) is 13.9. The number of carbonyl (C=O) groups is 2. The minimum atomic E-state index is -1.03. The highest BCUT2D eigenvalue weighted by atomic mass is 16.5. The van der Waals surface area contributed by atoms with Crippen LogP contribution in [0.5, 0.6) is 5.75 Å². The topological polar surface area (TPSA) is 82.1 Å².